The van der Waals surface area contributed by atoms with Crippen molar-refractivity contribution in [3.63, 3.8) is 0 Å². The van der Waals surface area contributed by atoms with Gasteiger partial charge >= 0.3 is 0 Å². The number of ether oxygens (including phenoxy) is 1. The summed E-state index contributed by atoms with van der Waals surface area (Å²) in [5.41, 5.74) is 7.29. The van der Waals surface area contributed by atoms with Crippen LogP contribution < -0.4 is 5.73 Å². The average molecular weight is 293 g/mol. The summed E-state index contributed by atoms with van der Waals surface area (Å²) in [7, 11) is 0. The van der Waals surface area contributed by atoms with E-state index >= 15 is 0 Å². The van der Waals surface area contributed by atoms with Crippen molar-refractivity contribution in [3.05, 3.63) is 22.9 Å². The molecule has 0 saturated carbocycles. The van der Waals surface area contributed by atoms with Gasteiger partial charge in [-0.05, 0) is 34.1 Å². The highest BCUT2D eigenvalue weighted by Gasteiger charge is 2.29. The zero-order valence-electron chi connectivity index (χ0n) is 13.3. The molecule has 1 atom stereocenters. The van der Waals surface area contributed by atoms with Gasteiger partial charge in [0, 0.05) is 12.2 Å². The van der Waals surface area contributed by atoms with Crippen LogP contribution in [0.5, 0.6) is 0 Å². The lowest BCUT2D eigenvalue weighted by Gasteiger charge is -2.19. The molecule has 0 spiro atoms. The molecule has 0 aliphatic heterocycles. The largest absolute Gasteiger partial charge is 0.466 e. The van der Waals surface area contributed by atoms with Gasteiger partial charge in [0.1, 0.15) is 17.1 Å². The minimum atomic E-state index is -0.780. The molecule has 2 N–H and O–H groups in total. The molecule has 2 rings (SSSR count). The molecule has 0 saturated heterocycles. The predicted molar refractivity (Wildman–Crippen MR) is 78.9 cm³/mol. The SMILES string of the molecule is CCCOCC(C)(N)c1noc(-c2c(C)oc(C)c2C)n1. The van der Waals surface area contributed by atoms with Crippen molar-refractivity contribution in [3.8, 4) is 11.5 Å². The van der Waals surface area contributed by atoms with Gasteiger partial charge in [0.2, 0.25) is 0 Å². The number of aryl methyl sites for hydroxylation is 2. The van der Waals surface area contributed by atoms with E-state index in [2.05, 4.69) is 10.1 Å². The number of hydrogen-bond acceptors (Lipinski definition) is 6. The number of nitrogens with two attached hydrogens (primary N) is 1. The number of rotatable bonds is 6. The molecule has 6 nitrogen and oxygen atoms in total. The summed E-state index contributed by atoms with van der Waals surface area (Å²) in [4.78, 5) is 4.42. The number of furan rings is 1. The van der Waals surface area contributed by atoms with Gasteiger partial charge < -0.3 is 19.4 Å². The molecule has 0 fully saturated rings. The summed E-state index contributed by atoms with van der Waals surface area (Å²) < 4.78 is 16.5. The molecule has 2 heterocycles. The average Bonchev–Trinajstić information content (AvgIpc) is 2.97. The molecule has 21 heavy (non-hydrogen) atoms. The predicted octanol–water partition coefficient (Wildman–Crippen LogP) is 2.86. The Morgan fingerprint density at radius 3 is 2.52 bits per heavy atom. The van der Waals surface area contributed by atoms with Crippen molar-refractivity contribution in [2.75, 3.05) is 13.2 Å². The molecule has 0 aliphatic rings. The Kier molecular flexibility index (Phi) is 4.49. The van der Waals surface area contributed by atoms with Crippen molar-refractivity contribution >= 4 is 0 Å². The van der Waals surface area contributed by atoms with Crippen molar-refractivity contribution in [2.24, 2.45) is 5.73 Å². The zero-order valence-corrected chi connectivity index (χ0v) is 13.3. The van der Waals surface area contributed by atoms with E-state index in [0.29, 0.717) is 24.9 Å². The van der Waals surface area contributed by atoms with E-state index in [4.69, 9.17) is 19.4 Å². The van der Waals surface area contributed by atoms with Crippen LogP contribution >= 0.6 is 0 Å². The Balaban J connectivity index is 2.25. The summed E-state index contributed by atoms with van der Waals surface area (Å²) in [6, 6.07) is 0. The molecule has 116 valence electrons. The first-order valence-electron chi connectivity index (χ1n) is 7.14. The highest BCUT2D eigenvalue weighted by molar-refractivity contribution is 5.61. The molecule has 0 aromatic carbocycles. The molecular formula is C15H23N3O3. The Morgan fingerprint density at radius 2 is 1.95 bits per heavy atom. The molecule has 6 heteroatoms. The van der Waals surface area contributed by atoms with Crippen LogP contribution in [0.3, 0.4) is 0 Å². The minimum absolute atomic E-state index is 0.349. The highest BCUT2D eigenvalue weighted by Crippen LogP contribution is 2.31. The third kappa shape index (κ3) is 3.16. The van der Waals surface area contributed by atoms with Crippen LogP contribution in [0.25, 0.3) is 11.5 Å². The molecule has 0 bridgehead atoms. The Labute approximate surface area is 124 Å². The molecule has 0 amide bonds. The fraction of sp³-hybridized carbons (Fsp3) is 0.600. The third-order valence-electron chi connectivity index (χ3n) is 3.46. The maximum atomic E-state index is 6.22. The number of nitrogens with zero attached hydrogens (tertiary/aromatic N) is 2. The monoisotopic (exact) mass is 293 g/mol. The Hall–Kier alpha value is -1.66. The molecule has 1 unspecified atom stereocenters. The lowest BCUT2D eigenvalue weighted by molar-refractivity contribution is 0.0867. The Morgan fingerprint density at radius 1 is 1.24 bits per heavy atom. The van der Waals surface area contributed by atoms with Crippen LogP contribution in [-0.2, 0) is 10.3 Å². The Bertz CT molecular complexity index is 614. The standard InChI is InChI=1S/C15H23N3O3/c1-6-7-19-8-15(5,16)14-17-13(21-18-14)12-9(2)10(3)20-11(12)4/h6-8,16H2,1-5H3. The molecule has 0 aliphatic carbocycles. The van der Waals surface area contributed by atoms with Crippen molar-refractivity contribution < 1.29 is 13.7 Å². The van der Waals surface area contributed by atoms with E-state index in [1.54, 1.807) is 0 Å². The van der Waals surface area contributed by atoms with Gasteiger partial charge in [-0.15, -0.1) is 0 Å². The van der Waals surface area contributed by atoms with Gasteiger partial charge in [-0.2, -0.15) is 4.98 Å². The van der Waals surface area contributed by atoms with E-state index in [0.717, 1.165) is 29.1 Å². The van der Waals surface area contributed by atoms with Crippen LogP contribution in [-0.4, -0.2) is 23.4 Å². The fourth-order valence-corrected chi connectivity index (χ4v) is 2.16. The first-order chi connectivity index (χ1) is 9.86. The molecule has 0 radical (unpaired) electrons. The van der Waals surface area contributed by atoms with Crippen LogP contribution in [0.4, 0.5) is 0 Å². The number of aromatic nitrogens is 2. The van der Waals surface area contributed by atoms with Crippen LogP contribution in [0.15, 0.2) is 8.94 Å². The normalized spacial score (nSPS) is 14.4. The second-order valence-electron chi connectivity index (χ2n) is 5.61. The quantitative estimate of drug-likeness (QED) is 0.824. The van der Waals surface area contributed by atoms with Crippen molar-refractivity contribution in [2.45, 2.75) is 46.6 Å². The van der Waals surface area contributed by atoms with Gasteiger partial charge in [0.05, 0.1) is 12.2 Å². The second-order valence-corrected chi connectivity index (χ2v) is 5.61. The van der Waals surface area contributed by atoms with Gasteiger partial charge in [0.15, 0.2) is 5.82 Å². The summed E-state index contributed by atoms with van der Waals surface area (Å²) in [5, 5.41) is 4.00. The lowest BCUT2D eigenvalue weighted by Crippen LogP contribution is -2.39. The van der Waals surface area contributed by atoms with Crippen LogP contribution in [0.2, 0.25) is 0 Å². The zero-order chi connectivity index (χ0) is 15.6. The summed E-state index contributed by atoms with van der Waals surface area (Å²) in [6.07, 6.45) is 0.945. The van der Waals surface area contributed by atoms with Crippen LogP contribution in [0, 0.1) is 20.8 Å². The van der Waals surface area contributed by atoms with Gasteiger partial charge in [0.25, 0.3) is 5.89 Å². The summed E-state index contributed by atoms with van der Waals surface area (Å²) in [6.45, 7) is 10.7. The second kappa shape index (κ2) is 5.99. The van der Waals surface area contributed by atoms with Crippen LogP contribution in [0.1, 0.15) is 43.2 Å². The summed E-state index contributed by atoms with van der Waals surface area (Å²) in [5.74, 6) is 2.49. The molecule has 2 aromatic rings. The van der Waals surface area contributed by atoms with Crippen molar-refractivity contribution in [1.82, 2.24) is 10.1 Å². The third-order valence-corrected chi connectivity index (χ3v) is 3.46. The lowest BCUT2D eigenvalue weighted by atomic mass is 10.1. The van der Waals surface area contributed by atoms with Gasteiger partial charge in [-0.1, -0.05) is 12.1 Å². The van der Waals surface area contributed by atoms with Crippen molar-refractivity contribution in [1.29, 1.82) is 0 Å². The van der Waals surface area contributed by atoms with Gasteiger partial charge in [-0.3, -0.25) is 0 Å². The topological polar surface area (TPSA) is 87.3 Å². The number of hydrogen-bond donors (Lipinski definition) is 1. The molecular weight excluding hydrogens is 270 g/mol. The van der Waals surface area contributed by atoms with E-state index in [1.807, 2.05) is 34.6 Å². The summed E-state index contributed by atoms with van der Waals surface area (Å²) >= 11 is 0. The maximum absolute atomic E-state index is 6.22. The van der Waals surface area contributed by atoms with E-state index in [-0.39, 0.29) is 0 Å². The van der Waals surface area contributed by atoms with E-state index in [9.17, 15) is 0 Å². The first kappa shape index (κ1) is 15.7. The fourth-order valence-electron chi connectivity index (χ4n) is 2.16. The molecule has 2 aromatic heterocycles. The first-order valence-corrected chi connectivity index (χ1v) is 7.14. The highest BCUT2D eigenvalue weighted by atomic mass is 16.5. The maximum Gasteiger partial charge on any atom is 0.261 e. The van der Waals surface area contributed by atoms with Gasteiger partial charge in [-0.25, -0.2) is 0 Å². The smallest absolute Gasteiger partial charge is 0.261 e. The minimum Gasteiger partial charge on any atom is -0.466 e. The van der Waals surface area contributed by atoms with E-state index in [1.165, 1.54) is 0 Å². The van der Waals surface area contributed by atoms with E-state index < -0.39 is 5.54 Å².